The van der Waals surface area contributed by atoms with Gasteiger partial charge in [0, 0.05) is 23.1 Å². The van der Waals surface area contributed by atoms with Gasteiger partial charge in [-0.1, -0.05) is 15.9 Å². The number of alkyl halides is 3. The van der Waals surface area contributed by atoms with Crippen LogP contribution in [-0.2, 0) is 20.5 Å². The third kappa shape index (κ3) is 3.43. The first-order chi connectivity index (χ1) is 10.2. The highest BCUT2D eigenvalue weighted by Crippen LogP contribution is 2.38. The van der Waals surface area contributed by atoms with Gasteiger partial charge in [-0.25, -0.2) is 0 Å². The predicted molar refractivity (Wildman–Crippen MR) is 76.2 cm³/mol. The van der Waals surface area contributed by atoms with Crippen LogP contribution >= 0.6 is 15.9 Å². The molecule has 2 rings (SSSR count). The lowest BCUT2D eigenvalue weighted by atomic mass is 10.1. The van der Waals surface area contributed by atoms with Crippen molar-refractivity contribution in [1.82, 2.24) is 0 Å². The minimum Gasteiger partial charge on any atom is -0.466 e. The monoisotopic (exact) mass is 379 g/mol. The quantitative estimate of drug-likeness (QED) is 0.756. The van der Waals surface area contributed by atoms with Crippen molar-refractivity contribution in [3.05, 3.63) is 28.2 Å². The molecule has 22 heavy (non-hydrogen) atoms. The van der Waals surface area contributed by atoms with Crippen molar-refractivity contribution in [3.63, 3.8) is 0 Å². The first-order valence-electron chi connectivity index (χ1n) is 6.57. The molecule has 1 aliphatic heterocycles. The highest BCUT2D eigenvalue weighted by atomic mass is 79.9. The van der Waals surface area contributed by atoms with Crippen LogP contribution < -0.4 is 4.90 Å². The molecule has 1 fully saturated rings. The van der Waals surface area contributed by atoms with Crippen LogP contribution in [0.25, 0.3) is 0 Å². The summed E-state index contributed by atoms with van der Waals surface area (Å²) in [7, 11) is 0. The standard InChI is InChI=1S/C14H13BrF3NO3/c1-2-22-13(21)8-5-12(20)19(7-8)9-3-4-11(15)10(6-9)14(16,17)18/h3-4,6,8H,2,5,7H2,1H3/t8-/m0/s1. The molecule has 0 saturated carbocycles. The van der Waals surface area contributed by atoms with Crippen molar-refractivity contribution in [2.45, 2.75) is 19.5 Å². The lowest BCUT2D eigenvalue weighted by Crippen LogP contribution is -2.26. The van der Waals surface area contributed by atoms with E-state index in [-0.39, 0.29) is 29.7 Å². The minimum atomic E-state index is -4.53. The van der Waals surface area contributed by atoms with Crippen LogP contribution in [0.1, 0.15) is 18.9 Å². The number of ether oxygens (including phenoxy) is 1. The van der Waals surface area contributed by atoms with Crippen molar-refractivity contribution >= 4 is 33.5 Å². The summed E-state index contributed by atoms with van der Waals surface area (Å²) in [5.41, 5.74) is -0.746. The van der Waals surface area contributed by atoms with Gasteiger partial charge in [-0.15, -0.1) is 0 Å². The van der Waals surface area contributed by atoms with Crippen molar-refractivity contribution in [2.75, 3.05) is 18.1 Å². The zero-order valence-corrected chi connectivity index (χ0v) is 13.2. The molecular weight excluding hydrogens is 367 g/mol. The Hall–Kier alpha value is -1.57. The van der Waals surface area contributed by atoms with Crippen LogP contribution in [0.4, 0.5) is 18.9 Å². The van der Waals surface area contributed by atoms with Gasteiger partial charge in [0.1, 0.15) is 0 Å². The second-order valence-corrected chi connectivity index (χ2v) is 5.67. The Bertz CT molecular complexity index is 603. The van der Waals surface area contributed by atoms with Crippen molar-refractivity contribution < 1.29 is 27.5 Å². The predicted octanol–water partition coefficient (Wildman–Crippen LogP) is 3.38. The van der Waals surface area contributed by atoms with Gasteiger partial charge >= 0.3 is 12.1 Å². The summed E-state index contributed by atoms with van der Waals surface area (Å²) in [5.74, 6) is -1.55. The number of carbonyl (C=O) groups excluding carboxylic acids is 2. The number of hydrogen-bond acceptors (Lipinski definition) is 3. The second kappa shape index (κ2) is 6.28. The Morgan fingerprint density at radius 1 is 1.45 bits per heavy atom. The van der Waals surface area contributed by atoms with E-state index in [0.29, 0.717) is 0 Å². The van der Waals surface area contributed by atoms with E-state index in [1.54, 1.807) is 6.92 Å². The molecule has 120 valence electrons. The molecule has 0 aromatic heterocycles. The molecule has 0 aliphatic carbocycles. The maximum Gasteiger partial charge on any atom is 0.417 e. The molecule has 1 heterocycles. The van der Waals surface area contributed by atoms with E-state index in [2.05, 4.69) is 15.9 Å². The van der Waals surface area contributed by atoms with Crippen molar-refractivity contribution in [2.24, 2.45) is 5.92 Å². The Morgan fingerprint density at radius 2 is 2.14 bits per heavy atom. The summed E-state index contributed by atoms with van der Waals surface area (Å²) in [6.07, 6.45) is -4.59. The van der Waals surface area contributed by atoms with E-state index in [9.17, 15) is 22.8 Å². The SMILES string of the molecule is CCOC(=O)[C@H]1CC(=O)N(c2ccc(Br)c(C(F)(F)F)c2)C1. The molecular formula is C14H13BrF3NO3. The molecule has 1 aromatic rings. The van der Waals surface area contributed by atoms with Gasteiger partial charge in [-0.2, -0.15) is 13.2 Å². The van der Waals surface area contributed by atoms with E-state index in [1.165, 1.54) is 17.0 Å². The molecule has 1 saturated heterocycles. The van der Waals surface area contributed by atoms with E-state index in [1.807, 2.05) is 0 Å². The first kappa shape index (κ1) is 16.8. The highest BCUT2D eigenvalue weighted by Gasteiger charge is 2.38. The maximum absolute atomic E-state index is 12.9. The molecule has 1 atom stereocenters. The molecule has 4 nitrogen and oxygen atoms in total. The topological polar surface area (TPSA) is 46.6 Å². The summed E-state index contributed by atoms with van der Waals surface area (Å²) in [5, 5.41) is 0. The molecule has 0 unspecified atom stereocenters. The molecule has 0 radical (unpaired) electrons. The Labute approximate surface area is 133 Å². The number of rotatable bonds is 3. The summed E-state index contributed by atoms with van der Waals surface area (Å²) in [4.78, 5) is 24.8. The smallest absolute Gasteiger partial charge is 0.417 e. The van der Waals surface area contributed by atoms with E-state index < -0.39 is 29.5 Å². The maximum atomic E-state index is 12.9. The van der Waals surface area contributed by atoms with Gasteiger partial charge in [0.05, 0.1) is 18.1 Å². The van der Waals surface area contributed by atoms with Crippen LogP contribution in [0, 0.1) is 5.92 Å². The van der Waals surface area contributed by atoms with Crippen LogP contribution in [-0.4, -0.2) is 25.0 Å². The third-order valence-electron chi connectivity index (χ3n) is 3.31. The molecule has 1 aliphatic rings. The number of carbonyl (C=O) groups is 2. The molecule has 0 bridgehead atoms. The largest absolute Gasteiger partial charge is 0.466 e. The number of halogens is 4. The Balaban J connectivity index is 2.26. The average Bonchev–Trinajstić information content (AvgIpc) is 2.80. The molecule has 1 amide bonds. The Morgan fingerprint density at radius 3 is 2.73 bits per heavy atom. The number of benzene rings is 1. The van der Waals surface area contributed by atoms with E-state index in [0.717, 1.165) is 6.07 Å². The van der Waals surface area contributed by atoms with Gasteiger partial charge in [-0.05, 0) is 25.1 Å². The third-order valence-corrected chi connectivity index (χ3v) is 4.00. The van der Waals surface area contributed by atoms with Gasteiger partial charge < -0.3 is 9.64 Å². The summed E-state index contributed by atoms with van der Waals surface area (Å²) in [6.45, 7) is 1.87. The van der Waals surface area contributed by atoms with Crippen LogP contribution in [0.5, 0.6) is 0 Å². The van der Waals surface area contributed by atoms with E-state index >= 15 is 0 Å². The number of esters is 1. The minimum absolute atomic E-state index is 0.0244. The molecule has 1 aromatic carbocycles. The van der Waals surface area contributed by atoms with Crippen LogP contribution in [0.2, 0.25) is 0 Å². The second-order valence-electron chi connectivity index (χ2n) is 4.82. The number of amides is 1. The lowest BCUT2D eigenvalue weighted by molar-refractivity contribution is -0.147. The van der Waals surface area contributed by atoms with Gasteiger partial charge in [-0.3, -0.25) is 9.59 Å². The normalized spacial score (nSPS) is 18.7. The fraction of sp³-hybridized carbons (Fsp3) is 0.429. The van der Waals surface area contributed by atoms with Crippen molar-refractivity contribution in [1.29, 1.82) is 0 Å². The average molecular weight is 380 g/mol. The van der Waals surface area contributed by atoms with Crippen molar-refractivity contribution in [3.8, 4) is 0 Å². The zero-order valence-electron chi connectivity index (χ0n) is 11.6. The lowest BCUT2D eigenvalue weighted by Gasteiger charge is -2.19. The van der Waals surface area contributed by atoms with Gasteiger partial charge in [0.2, 0.25) is 5.91 Å². The summed E-state index contributed by atoms with van der Waals surface area (Å²) >= 11 is 2.85. The van der Waals surface area contributed by atoms with Crippen LogP contribution in [0.3, 0.4) is 0 Å². The molecule has 8 heteroatoms. The summed E-state index contributed by atoms with van der Waals surface area (Å²) in [6, 6.07) is 3.55. The zero-order chi connectivity index (χ0) is 16.5. The Kier molecular flexibility index (Phi) is 4.79. The summed E-state index contributed by atoms with van der Waals surface area (Å²) < 4.78 is 43.5. The molecule has 0 spiro atoms. The van der Waals surface area contributed by atoms with Gasteiger partial charge in [0.25, 0.3) is 0 Å². The fourth-order valence-corrected chi connectivity index (χ4v) is 2.74. The number of nitrogens with zero attached hydrogens (tertiary/aromatic N) is 1. The fourth-order valence-electron chi connectivity index (χ4n) is 2.27. The number of hydrogen-bond donors (Lipinski definition) is 0. The van der Waals surface area contributed by atoms with E-state index in [4.69, 9.17) is 4.74 Å². The van der Waals surface area contributed by atoms with Gasteiger partial charge in [0.15, 0.2) is 0 Å². The number of anilines is 1. The highest BCUT2D eigenvalue weighted by molar-refractivity contribution is 9.10. The van der Waals surface area contributed by atoms with Crippen LogP contribution in [0.15, 0.2) is 22.7 Å². The molecule has 0 N–H and O–H groups in total. The first-order valence-corrected chi connectivity index (χ1v) is 7.37.